The second-order valence-corrected chi connectivity index (χ2v) is 11.5. The second kappa shape index (κ2) is 14.4. The minimum absolute atomic E-state index is 0.140. The third-order valence-corrected chi connectivity index (χ3v) is 6.81. The van der Waals surface area contributed by atoms with E-state index in [4.69, 9.17) is 21.1 Å². The van der Waals surface area contributed by atoms with Crippen LogP contribution in [0, 0.1) is 0 Å². The Balaban J connectivity index is 1.47. The zero-order chi connectivity index (χ0) is 26.7. The molecule has 1 amide bonds. The van der Waals surface area contributed by atoms with E-state index < -0.39 is 11.7 Å². The van der Waals surface area contributed by atoms with Gasteiger partial charge in [-0.25, -0.2) is 4.79 Å². The molecule has 3 aromatic carbocycles. The zero-order valence-corrected chi connectivity index (χ0v) is 23.3. The van der Waals surface area contributed by atoms with Crippen molar-refractivity contribution < 1.29 is 19.4 Å². The Morgan fingerprint density at radius 1 is 0.973 bits per heavy atom. The van der Waals surface area contributed by atoms with Crippen molar-refractivity contribution >= 4 is 29.5 Å². The van der Waals surface area contributed by atoms with Gasteiger partial charge in [0.25, 0.3) is 0 Å². The van der Waals surface area contributed by atoms with Crippen LogP contribution in [-0.2, 0) is 29.1 Å². The third kappa shape index (κ3) is 10.8. The molecule has 2 N–H and O–H groups in total. The van der Waals surface area contributed by atoms with Crippen LogP contribution in [-0.4, -0.2) is 29.4 Å². The molecule has 0 aliphatic heterocycles. The van der Waals surface area contributed by atoms with Gasteiger partial charge < -0.3 is 19.9 Å². The first-order valence-electron chi connectivity index (χ1n) is 12.5. The maximum atomic E-state index is 12.0. The van der Waals surface area contributed by atoms with Gasteiger partial charge in [-0.05, 0) is 81.0 Å². The topological polar surface area (TPSA) is 67.8 Å². The molecule has 1 atom stereocenters. The number of aryl methyl sites for hydroxylation is 1. The minimum Gasteiger partial charge on any atom is -0.444 e. The summed E-state index contributed by atoms with van der Waals surface area (Å²) in [5, 5.41) is 13.1. The molecule has 1 unspecified atom stereocenters. The first-order valence-corrected chi connectivity index (χ1v) is 13.7. The van der Waals surface area contributed by atoms with Crippen LogP contribution < -0.4 is 5.32 Å². The van der Waals surface area contributed by atoms with Gasteiger partial charge >= 0.3 is 6.09 Å². The third-order valence-electron chi connectivity index (χ3n) is 5.48. The van der Waals surface area contributed by atoms with Gasteiger partial charge in [0.05, 0.1) is 25.9 Å². The number of rotatable bonds is 12. The maximum Gasteiger partial charge on any atom is 0.407 e. The number of hydrogen-bond acceptors (Lipinski definition) is 5. The van der Waals surface area contributed by atoms with Crippen LogP contribution in [0.1, 0.15) is 50.3 Å². The molecular weight excluding hydrogens is 506 g/mol. The molecule has 0 saturated heterocycles. The van der Waals surface area contributed by atoms with Gasteiger partial charge in [-0.15, -0.1) is 0 Å². The highest BCUT2D eigenvalue weighted by atomic mass is 35.5. The number of halogens is 1. The van der Waals surface area contributed by atoms with Crippen molar-refractivity contribution in [3.63, 3.8) is 0 Å². The highest BCUT2D eigenvalue weighted by Gasteiger charge is 2.19. The Bertz CT molecular complexity index is 1130. The fourth-order valence-corrected chi connectivity index (χ4v) is 4.99. The summed E-state index contributed by atoms with van der Waals surface area (Å²) in [4.78, 5) is 14.2. The summed E-state index contributed by atoms with van der Waals surface area (Å²) in [7, 11) is 0. The number of benzene rings is 3. The Labute approximate surface area is 229 Å². The van der Waals surface area contributed by atoms with Gasteiger partial charge in [0.15, 0.2) is 0 Å². The standard InChI is InChI=1S/C30H36ClNO4S/c1-30(2,3)36-29(34)32-25(19-33)13-8-12-24-15-16-27(18-28(24)31)37-26-14-7-11-23(17-26)21-35-20-22-9-5-4-6-10-22/h4-7,9-11,14-18,25,33H,8,12-13,19-21H2,1-3H3,(H,32,34). The summed E-state index contributed by atoms with van der Waals surface area (Å²) in [5.74, 6) is 0. The van der Waals surface area contributed by atoms with Crippen molar-refractivity contribution in [2.24, 2.45) is 0 Å². The average molecular weight is 542 g/mol. The van der Waals surface area contributed by atoms with Gasteiger partial charge in [0, 0.05) is 14.8 Å². The highest BCUT2D eigenvalue weighted by Crippen LogP contribution is 2.32. The lowest BCUT2D eigenvalue weighted by Gasteiger charge is -2.22. The van der Waals surface area contributed by atoms with Crippen molar-refractivity contribution in [2.45, 2.75) is 74.7 Å². The summed E-state index contributed by atoms with van der Waals surface area (Å²) in [6, 6.07) is 24.3. The van der Waals surface area contributed by atoms with Crippen molar-refractivity contribution in [3.05, 3.63) is 94.5 Å². The van der Waals surface area contributed by atoms with Crippen LogP contribution in [0.3, 0.4) is 0 Å². The van der Waals surface area contributed by atoms with E-state index in [9.17, 15) is 9.90 Å². The van der Waals surface area contributed by atoms with E-state index in [1.165, 1.54) is 0 Å². The van der Waals surface area contributed by atoms with Crippen molar-refractivity contribution in [1.82, 2.24) is 5.32 Å². The fourth-order valence-electron chi connectivity index (χ4n) is 3.71. The number of alkyl carbamates (subject to hydrolysis) is 1. The molecule has 0 aliphatic rings. The summed E-state index contributed by atoms with van der Waals surface area (Å²) in [6.07, 6.45) is 1.64. The summed E-state index contributed by atoms with van der Waals surface area (Å²) in [6.45, 7) is 6.43. The quantitative estimate of drug-likeness (QED) is 0.250. The molecular formula is C30H36ClNO4S. The molecule has 7 heteroatoms. The number of nitrogens with one attached hydrogen (secondary N) is 1. The normalized spacial score (nSPS) is 12.2. The van der Waals surface area contributed by atoms with Gasteiger partial charge in [-0.3, -0.25) is 0 Å². The molecule has 5 nitrogen and oxygen atoms in total. The van der Waals surface area contributed by atoms with Crippen LogP contribution >= 0.6 is 23.4 Å². The molecule has 0 heterocycles. The predicted octanol–water partition coefficient (Wildman–Crippen LogP) is 7.42. The largest absolute Gasteiger partial charge is 0.444 e. The predicted molar refractivity (Wildman–Crippen MR) is 150 cm³/mol. The van der Waals surface area contributed by atoms with Crippen molar-refractivity contribution in [1.29, 1.82) is 0 Å². The van der Waals surface area contributed by atoms with E-state index in [-0.39, 0.29) is 12.6 Å². The molecule has 3 aromatic rings. The first-order chi connectivity index (χ1) is 17.7. The van der Waals surface area contributed by atoms with Gasteiger partial charge in [0.2, 0.25) is 0 Å². The minimum atomic E-state index is -0.575. The Morgan fingerprint density at radius 2 is 1.68 bits per heavy atom. The number of aliphatic hydroxyl groups is 1. The molecule has 198 valence electrons. The number of hydrogen-bond donors (Lipinski definition) is 2. The van der Waals surface area contributed by atoms with Gasteiger partial charge in [-0.2, -0.15) is 0 Å². The van der Waals surface area contributed by atoms with Crippen molar-refractivity contribution in [3.8, 4) is 0 Å². The number of amides is 1. The molecule has 0 fully saturated rings. The van der Waals surface area contributed by atoms with Gasteiger partial charge in [-0.1, -0.05) is 71.9 Å². The molecule has 0 bridgehead atoms. The molecule has 3 rings (SSSR count). The number of aliphatic hydroxyl groups excluding tert-OH is 1. The number of carbonyl (C=O) groups is 1. The molecule has 0 spiro atoms. The molecule has 0 aromatic heterocycles. The number of ether oxygens (including phenoxy) is 2. The molecule has 37 heavy (non-hydrogen) atoms. The van der Waals surface area contributed by atoms with E-state index in [0.29, 0.717) is 24.7 Å². The second-order valence-electron chi connectivity index (χ2n) is 9.90. The zero-order valence-electron chi connectivity index (χ0n) is 21.7. The van der Waals surface area contributed by atoms with Crippen LogP contribution in [0.2, 0.25) is 5.02 Å². The van der Waals surface area contributed by atoms with E-state index in [1.807, 2.05) is 57.2 Å². The lowest BCUT2D eigenvalue weighted by molar-refractivity contribution is 0.0478. The maximum absolute atomic E-state index is 12.0. The summed E-state index contributed by atoms with van der Waals surface area (Å²) in [5.41, 5.74) is 2.76. The monoisotopic (exact) mass is 541 g/mol. The van der Waals surface area contributed by atoms with E-state index >= 15 is 0 Å². The van der Waals surface area contributed by atoms with Crippen LogP contribution in [0.25, 0.3) is 0 Å². The van der Waals surface area contributed by atoms with Crippen LogP contribution in [0.15, 0.2) is 82.6 Å². The molecule has 0 radical (unpaired) electrons. The van der Waals surface area contributed by atoms with E-state index in [1.54, 1.807) is 11.8 Å². The van der Waals surface area contributed by atoms with Crippen LogP contribution in [0.5, 0.6) is 0 Å². The SMILES string of the molecule is CC(C)(C)OC(=O)NC(CO)CCCc1ccc(Sc2cccc(COCc3ccccc3)c2)cc1Cl. The summed E-state index contributed by atoms with van der Waals surface area (Å²) >= 11 is 8.25. The van der Waals surface area contributed by atoms with Crippen LogP contribution in [0.4, 0.5) is 4.79 Å². The lowest BCUT2D eigenvalue weighted by atomic mass is 10.0. The molecule has 0 saturated carbocycles. The van der Waals surface area contributed by atoms with E-state index in [2.05, 4.69) is 41.7 Å². The highest BCUT2D eigenvalue weighted by molar-refractivity contribution is 7.99. The Morgan fingerprint density at radius 3 is 2.38 bits per heavy atom. The first kappa shape index (κ1) is 29.1. The smallest absolute Gasteiger partial charge is 0.407 e. The molecule has 0 aliphatic carbocycles. The van der Waals surface area contributed by atoms with E-state index in [0.717, 1.165) is 39.3 Å². The average Bonchev–Trinajstić information content (AvgIpc) is 2.84. The van der Waals surface area contributed by atoms with Gasteiger partial charge in [0.1, 0.15) is 5.60 Å². The Kier molecular flexibility index (Phi) is 11.3. The number of carbonyl (C=O) groups excluding carboxylic acids is 1. The Hall–Kier alpha value is -2.51. The summed E-state index contributed by atoms with van der Waals surface area (Å²) < 4.78 is 11.1. The fraction of sp³-hybridized carbons (Fsp3) is 0.367. The lowest BCUT2D eigenvalue weighted by Crippen LogP contribution is -2.41. The van der Waals surface area contributed by atoms with Crippen molar-refractivity contribution in [2.75, 3.05) is 6.61 Å².